The Bertz CT molecular complexity index is 3050. The average Bonchev–Trinajstić information content (AvgIpc) is 3.83. The first-order valence-electron chi connectivity index (χ1n) is 17.9. The fourth-order valence-electron chi connectivity index (χ4n) is 8.86. The lowest BCUT2D eigenvalue weighted by Crippen LogP contribution is -2.16. The van der Waals surface area contributed by atoms with Crippen molar-refractivity contribution in [3.63, 3.8) is 0 Å². The number of benzene rings is 8. The molecular formula is C49H33NO2. The van der Waals surface area contributed by atoms with E-state index in [1.54, 1.807) is 0 Å². The number of rotatable bonds is 4. The highest BCUT2D eigenvalue weighted by Crippen LogP contribution is 2.53. The number of fused-ring (bicyclic) bond motifs is 11. The SMILES string of the molecule is CC1(C)c2ccccc2-c2ccc(N(c3ccccc3)c3ccc(-c4cccc5ccccc45)c4c3oc3ccc5oc6ccccc6c5c34)cc21. The van der Waals surface area contributed by atoms with Crippen molar-refractivity contribution in [2.45, 2.75) is 19.3 Å². The van der Waals surface area contributed by atoms with Crippen molar-refractivity contribution in [2.75, 3.05) is 4.90 Å². The van der Waals surface area contributed by atoms with Gasteiger partial charge in [-0.1, -0.05) is 129 Å². The molecule has 0 bridgehead atoms. The van der Waals surface area contributed by atoms with Crippen LogP contribution in [0.2, 0.25) is 0 Å². The summed E-state index contributed by atoms with van der Waals surface area (Å²) in [6, 6.07) is 58.6. The molecule has 0 radical (unpaired) electrons. The van der Waals surface area contributed by atoms with Gasteiger partial charge in [0.05, 0.1) is 5.69 Å². The molecule has 8 aromatic carbocycles. The number of hydrogen-bond donors (Lipinski definition) is 0. The van der Waals surface area contributed by atoms with E-state index in [1.165, 1.54) is 38.6 Å². The van der Waals surface area contributed by atoms with Crippen molar-refractivity contribution in [1.29, 1.82) is 0 Å². The van der Waals surface area contributed by atoms with Gasteiger partial charge in [0, 0.05) is 38.3 Å². The van der Waals surface area contributed by atoms with Crippen LogP contribution >= 0.6 is 0 Å². The Morgan fingerprint density at radius 3 is 1.98 bits per heavy atom. The number of para-hydroxylation sites is 2. The maximum absolute atomic E-state index is 7.11. The Morgan fingerprint density at radius 2 is 1.10 bits per heavy atom. The summed E-state index contributed by atoms with van der Waals surface area (Å²) in [6.07, 6.45) is 0. The third-order valence-electron chi connectivity index (χ3n) is 11.3. The Labute approximate surface area is 301 Å². The molecule has 52 heavy (non-hydrogen) atoms. The van der Waals surface area contributed by atoms with Crippen molar-refractivity contribution < 1.29 is 8.83 Å². The van der Waals surface area contributed by atoms with Gasteiger partial charge in [0.2, 0.25) is 0 Å². The fraction of sp³-hybridized carbons (Fsp3) is 0.0612. The van der Waals surface area contributed by atoms with E-state index in [0.29, 0.717) is 0 Å². The van der Waals surface area contributed by atoms with Crippen molar-refractivity contribution in [3.8, 4) is 22.3 Å². The smallest absolute Gasteiger partial charge is 0.160 e. The summed E-state index contributed by atoms with van der Waals surface area (Å²) in [6.45, 7) is 4.68. The number of furan rings is 2. The summed E-state index contributed by atoms with van der Waals surface area (Å²) in [5.74, 6) is 0. The monoisotopic (exact) mass is 667 g/mol. The van der Waals surface area contributed by atoms with E-state index in [-0.39, 0.29) is 5.41 Å². The highest BCUT2D eigenvalue weighted by atomic mass is 16.3. The van der Waals surface area contributed by atoms with Crippen LogP contribution in [0.4, 0.5) is 17.1 Å². The molecule has 0 aliphatic heterocycles. The molecule has 2 heterocycles. The first-order chi connectivity index (χ1) is 25.6. The van der Waals surface area contributed by atoms with Crippen molar-refractivity contribution >= 4 is 71.7 Å². The third kappa shape index (κ3) is 4.02. The van der Waals surface area contributed by atoms with E-state index in [1.807, 2.05) is 18.2 Å². The van der Waals surface area contributed by atoms with Crippen LogP contribution in [0.5, 0.6) is 0 Å². The van der Waals surface area contributed by atoms with Gasteiger partial charge < -0.3 is 13.7 Å². The molecule has 0 spiro atoms. The normalized spacial score (nSPS) is 13.3. The van der Waals surface area contributed by atoms with Crippen LogP contribution in [0.1, 0.15) is 25.0 Å². The van der Waals surface area contributed by atoms with Crippen LogP contribution in [-0.2, 0) is 5.41 Å². The van der Waals surface area contributed by atoms with Crippen LogP contribution in [-0.4, -0.2) is 0 Å². The van der Waals surface area contributed by atoms with Crippen LogP contribution in [0.25, 0.3) is 76.9 Å². The van der Waals surface area contributed by atoms with Crippen LogP contribution in [0, 0.1) is 0 Å². The topological polar surface area (TPSA) is 29.5 Å². The largest absolute Gasteiger partial charge is 0.456 e. The molecule has 11 rings (SSSR count). The van der Waals surface area contributed by atoms with E-state index in [2.05, 4.69) is 164 Å². The summed E-state index contributed by atoms with van der Waals surface area (Å²) < 4.78 is 13.6. The first-order valence-corrected chi connectivity index (χ1v) is 17.9. The summed E-state index contributed by atoms with van der Waals surface area (Å²) in [7, 11) is 0. The molecule has 246 valence electrons. The van der Waals surface area contributed by atoms with Gasteiger partial charge >= 0.3 is 0 Å². The lowest BCUT2D eigenvalue weighted by molar-refractivity contribution is 0.660. The van der Waals surface area contributed by atoms with Crippen LogP contribution < -0.4 is 4.90 Å². The first kappa shape index (κ1) is 29.2. The molecule has 0 atom stereocenters. The molecular weight excluding hydrogens is 635 g/mol. The van der Waals surface area contributed by atoms with Gasteiger partial charge in [0.1, 0.15) is 16.7 Å². The summed E-state index contributed by atoms with van der Waals surface area (Å²) in [4.78, 5) is 2.36. The lowest BCUT2D eigenvalue weighted by atomic mass is 9.82. The zero-order valence-electron chi connectivity index (χ0n) is 28.9. The summed E-state index contributed by atoms with van der Waals surface area (Å²) in [5, 5.41) is 6.72. The number of hydrogen-bond acceptors (Lipinski definition) is 3. The molecule has 3 heteroatoms. The minimum Gasteiger partial charge on any atom is -0.456 e. The minimum absolute atomic E-state index is 0.134. The number of anilines is 3. The predicted molar refractivity (Wildman–Crippen MR) is 216 cm³/mol. The van der Waals surface area contributed by atoms with Gasteiger partial charge in [-0.15, -0.1) is 0 Å². The molecule has 10 aromatic rings. The molecule has 0 saturated heterocycles. The van der Waals surface area contributed by atoms with Crippen molar-refractivity contribution in [2.24, 2.45) is 0 Å². The molecule has 0 fully saturated rings. The molecule has 2 aromatic heterocycles. The number of nitrogens with zero attached hydrogens (tertiary/aromatic N) is 1. The second-order valence-corrected chi connectivity index (χ2v) is 14.4. The van der Waals surface area contributed by atoms with E-state index >= 15 is 0 Å². The van der Waals surface area contributed by atoms with Crippen LogP contribution in [0.3, 0.4) is 0 Å². The van der Waals surface area contributed by atoms with E-state index in [4.69, 9.17) is 8.83 Å². The van der Waals surface area contributed by atoms with Crippen molar-refractivity contribution in [3.05, 3.63) is 175 Å². The maximum Gasteiger partial charge on any atom is 0.160 e. The fourth-order valence-corrected chi connectivity index (χ4v) is 8.86. The maximum atomic E-state index is 7.11. The van der Waals surface area contributed by atoms with Gasteiger partial charge in [0.25, 0.3) is 0 Å². The second-order valence-electron chi connectivity index (χ2n) is 14.4. The summed E-state index contributed by atoms with van der Waals surface area (Å²) in [5.41, 5.74) is 14.0. The highest BCUT2D eigenvalue weighted by Gasteiger charge is 2.36. The van der Waals surface area contributed by atoms with Crippen LogP contribution in [0.15, 0.2) is 173 Å². The minimum atomic E-state index is -0.134. The predicted octanol–water partition coefficient (Wildman–Crippen LogP) is 14.1. The summed E-state index contributed by atoms with van der Waals surface area (Å²) >= 11 is 0. The molecule has 0 unspecified atom stereocenters. The standard InChI is InChI=1S/C49H33NO2/c1-49(2)39-21-10-8-18-35(39)36-24-23-32(29-40(36)49)50(31-15-4-3-5-16-31)41-26-25-37(34-20-12-14-30-13-6-7-17-33(30)34)46-47-44(52-48(41)46)28-27-43-45(47)38-19-9-11-22-42(38)51-43/h3-29H,1-2H3. The van der Waals surface area contributed by atoms with Gasteiger partial charge in [-0.25, -0.2) is 0 Å². The van der Waals surface area contributed by atoms with Gasteiger partial charge in [-0.2, -0.15) is 0 Å². The average molecular weight is 668 g/mol. The van der Waals surface area contributed by atoms with Gasteiger partial charge in [-0.3, -0.25) is 0 Å². The third-order valence-corrected chi connectivity index (χ3v) is 11.3. The highest BCUT2D eigenvalue weighted by molar-refractivity contribution is 6.30. The Hall–Kier alpha value is -6.58. The van der Waals surface area contributed by atoms with E-state index in [9.17, 15) is 0 Å². The Kier molecular flexibility index (Phi) is 6.01. The molecule has 3 nitrogen and oxygen atoms in total. The van der Waals surface area contributed by atoms with E-state index < -0.39 is 0 Å². The quantitative estimate of drug-likeness (QED) is 0.187. The Balaban J connectivity index is 1.25. The molecule has 0 saturated carbocycles. The van der Waals surface area contributed by atoms with Gasteiger partial charge in [0.15, 0.2) is 5.58 Å². The zero-order chi connectivity index (χ0) is 34.6. The molecule has 0 N–H and O–H groups in total. The zero-order valence-corrected chi connectivity index (χ0v) is 28.9. The second kappa shape index (κ2) is 10.7. The molecule has 0 amide bonds. The lowest BCUT2D eigenvalue weighted by Gasteiger charge is -2.28. The van der Waals surface area contributed by atoms with Crippen molar-refractivity contribution in [1.82, 2.24) is 0 Å². The molecule has 1 aliphatic carbocycles. The Morgan fingerprint density at radius 1 is 0.423 bits per heavy atom. The van der Waals surface area contributed by atoms with E-state index in [0.717, 1.165) is 66.5 Å². The molecule has 1 aliphatic rings. The van der Waals surface area contributed by atoms with Gasteiger partial charge in [-0.05, 0) is 92.7 Å².